The van der Waals surface area contributed by atoms with E-state index in [0.717, 1.165) is 50.1 Å². The van der Waals surface area contributed by atoms with Gasteiger partial charge in [0.2, 0.25) is 0 Å². The van der Waals surface area contributed by atoms with Gasteiger partial charge in [-0.05, 0) is 109 Å². The van der Waals surface area contributed by atoms with Crippen molar-refractivity contribution in [2.45, 2.75) is 5.41 Å². The van der Waals surface area contributed by atoms with Crippen molar-refractivity contribution in [2.24, 2.45) is 0 Å². The normalized spacial score (nSPS) is 13.0. The highest BCUT2D eigenvalue weighted by Crippen LogP contribution is 2.64. The van der Waals surface area contributed by atoms with E-state index in [9.17, 15) is 0 Å². The molecule has 1 aromatic heterocycles. The van der Waals surface area contributed by atoms with E-state index in [4.69, 9.17) is 4.42 Å². The van der Waals surface area contributed by atoms with E-state index < -0.39 is 5.41 Å². The highest BCUT2D eigenvalue weighted by Gasteiger charge is 2.52. The van der Waals surface area contributed by atoms with E-state index in [1.54, 1.807) is 0 Å². The SMILES string of the molecule is c1ccc(N(c2ccc(-c3cccc4ccccc34)cc2)c2cccc3c2-c2ccccc2C32c3ccccc3-c3ccccc32)c(-c2ccc3c(c2)oc2ccccc23)c1. The first-order valence-corrected chi connectivity index (χ1v) is 21.1. The van der Waals surface area contributed by atoms with Crippen LogP contribution in [0, 0.1) is 0 Å². The van der Waals surface area contributed by atoms with E-state index in [2.05, 4.69) is 217 Å². The maximum absolute atomic E-state index is 6.47. The molecule has 0 radical (unpaired) electrons. The lowest BCUT2D eigenvalue weighted by Gasteiger charge is -2.32. The molecule has 1 heterocycles. The molecule has 0 fully saturated rings. The molecule has 2 nitrogen and oxygen atoms in total. The van der Waals surface area contributed by atoms with Crippen LogP contribution in [0.5, 0.6) is 0 Å². The Kier molecular flexibility index (Phi) is 7.26. The quantitative estimate of drug-likeness (QED) is 0.173. The van der Waals surface area contributed by atoms with Crippen LogP contribution in [0.3, 0.4) is 0 Å². The molecule has 2 aliphatic rings. The van der Waals surface area contributed by atoms with Crippen molar-refractivity contribution in [3.05, 3.63) is 247 Å². The molecular formula is C59H37NO. The summed E-state index contributed by atoms with van der Waals surface area (Å²) in [5.74, 6) is 0. The van der Waals surface area contributed by atoms with E-state index in [1.807, 2.05) is 12.1 Å². The number of rotatable bonds is 5. The summed E-state index contributed by atoms with van der Waals surface area (Å²) >= 11 is 0. The molecule has 2 aliphatic carbocycles. The zero-order valence-corrected chi connectivity index (χ0v) is 33.2. The Morgan fingerprint density at radius 2 is 0.852 bits per heavy atom. The average molecular weight is 776 g/mol. The number of anilines is 3. The zero-order chi connectivity index (χ0) is 40.1. The number of furan rings is 1. The number of para-hydroxylation sites is 2. The number of benzene rings is 10. The summed E-state index contributed by atoms with van der Waals surface area (Å²) in [6.07, 6.45) is 0. The van der Waals surface area contributed by atoms with Gasteiger partial charge in [-0.15, -0.1) is 0 Å². The second-order valence-corrected chi connectivity index (χ2v) is 16.3. The Bertz CT molecular complexity index is 3500. The lowest BCUT2D eigenvalue weighted by Crippen LogP contribution is -2.26. The average Bonchev–Trinajstić information content (AvgIpc) is 3.96. The Labute approximate surface area is 354 Å². The van der Waals surface area contributed by atoms with Crippen molar-refractivity contribution in [1.29, 1.82) is 0 Å². The smallest absolute Gasteiger partial charge is 0.136 e. The summed E-state index contributed by atoms with van der Waals surface area (Å²) in [5.41, 5.74) is 19.7. The summed E-state index contributed by atoms with van der Waals surface area (Å²) < 4.78 is 6.47. The molecule has 284 valence electrons. The standard InChI is InChI=1S/C59H37NO/c1-2-17-42-38(15-1)16-13-23-43(42)39-31-34-41(35-32-39)60(54-28-11-6-18-44(54)40-33-36-48-47-21-7-12-30-56(47)61-57(48)37-40)55-29-14-27-53-58(55)49-22-5-10-26-52(49)59(53)50-24-8-3-19-45(50)46-20-4-9-25-51(46)59/h1-37H. The summed E-state index contributed by atoms with van der Waals surface area (Å²) in [6.45, 7) is 0. The highest BCUT2D eigenvalue weighted by molar-refractivity contribution is 6.07. The molecule has 10 aromatic carbocycles. The fourth-order valence-corrected chi connectivity index (χ4v) is 10.8. The van der Waals surface area contributed by atoms with Crippen LogP contribution in [0.15, 0.2) is 229 Å². The van der Waals surface area contributed by atoms with Crippen LogP contribution in [-0.2, 0) is 5.41 Å². The molecule has 1 spiro atoms. The number of nitrogens with zero attached hydrogens (tertiary/aromatic N) is 1. The predicted molar refractivity (Wildman–Crippen MR) is 253 cm³/mol. The molecular weight excluding hydrogens is 739 g/mol. The minimum atomic E-state index is -0.454. The number of fused-ring (bicyclic) bond motifs is 14. The zero-order valence-electron chi connectivity index (χ0n) is 33.2. The molecule has 0 unspecified atom stereocenters. The van der Waals surface area contributed by atoms with Crippen LogP contribution in [-0.4, -0.2) is 0 Å². The number of hydrogen-bond donors (Lipinski definition) is 0. The minimum absolute atomic E-state index is 0.454. The Morgan fingerprint density at radius 1 is 0.328 bits per heavy atom. The Hall–Kier alpha value is -7.94. The molecule has 0 N–H and O–H groups in total. The molecule has 2 heteroatoms. The lowest BCUT2D eigenvalue weighted by atomic mass is 9.70. The van der Waals surface area contributed by atoms with Gasteiger partial charge in [0.05, 0.1) is 16.8 Å². The molecule has 0 aliphatic heterocycles. The summed E-state index contributed by atoms with van der Waals surface area (Å²) in [5, 5.41) is 4.75. The van der Waals surface area contributed by atoms with Gasteiger partial charge in [-0.2, -0.15) is 0 Å². The Balaban J connectivity index is 1.07. The van der Waals surface area contributed by atoms with Crippen molar-refractivity contribution in [3.63, 3.8) is 0 Å². The van der Waals surface area contributed by atoms with Crippen LogP contribution in [0.1, 0.15) is 22.3 Å². The van der Waals surface area contributed by atoms with Crippen molar-refractivity contribution in [3.8, 4) is 44.5 Å². The maximum atomic E-state index is 6.47. The first-order valence-electron chi connectivity index (χ1n) is 21.1. The van der Waals surface area contributed by atoms with E-state index in [0.29, 0.717) is 0 Å². The van der Waals surface area contributed by atoms with Crippen molar-refractivity contribution in [1.82, 2.24) is 0 Å². The molecule has 0 saturated carbocycles. The molecule has 61 heavy (non-hydrogen) atoms. The minimum Gasteiger partial charge on any atom is -0.456 e. The van der Waals surface area contributed by atoms with Gasteiger partial charge < -0.3 is 9.32 Å². The van der Waals surface area contributed by atoms with E-state index in [1.165, 1.54) is 66.4 Å². The van der Waals surface area contributed by atoms with E-state index >= 15 is 0 Å². The van der Waals surface area contributed by atoms with Crippen LogP contribution in [0.25, 0.3) is 77.2 Å². The third-order valence-corrected chi connectivity index (χ3v) is 13.3. The van der Waals surface area contributed by atoms with Crippen LogP contribution >= 0.6 is 0 Å². The van der Waals surface area contributed by atoms with Crippen molar-refractivity contribution < 1.29 is 4.42 Å². The van der Waals surface area contributed by atoms with Crippen LogP contribution < -0.4 is 4.90 Å². The third-order valence-electron chi connectivity index (χ3n) is 13.3. The van der Waals surface area contributed by atoms with Gasteiger partial charge in [-0.3, -0.25) is 0 Å². The van der Waals surface area contributed by atoms with Gasteiger partial charge in [0.15, 0.2) is 0 Å². The summed E-state index contributed by atoms with van der Waals surface area (Å²) in [4.78, 5) is 2.49. The monoisotopic (exact) mass is 775 g/mol. The van der Waals surface area contributed by atoms with Crippen molar-refractivity contribution >= 4 is 49.8 Å². The second-order valence-electron chi connectivity index (χ2n) is 16.3. The van der Waals surface area contributed by atoms with Gasteiger partial charge >= 0.3 is 0 Å². The maximum Gasteiger partial charge on any atom is 0.136 e. The van der Waals surface area contributed by atoms with Gasteiger partial charge in [0, 0.05) is 27.6 Å². The second kappa shape index (κ2) is 13.0. The summed E-state index contributed by atoms with van der Waals surface area (Å²) in [6, 6.07) is 82.3. The van der Waals surface area contributed by atoms with Crippen molar-refractivity contribution in [2.75, 3.05) is 4.90 Å². The summed E-state index contributed by atoms with van der Waals surface area (Å²) in [7, 11) is 0. The molecule has 0 amide bonds. The van der Waals surface area contributed by atoms with Crippen LogP contribution in [0.4, 0.5) is 17.1 Å². The van der Waals surface area contributed by atoms with Crippen LogP contribution in [0.2, 0.25) is 0 Å². The van der Waals surface area contributed by atoms with E-state index in [-0.39, 0.29) is 0 Å². The molecule has 0 bridgehead atoms. The van der Waals surface area contributed by atoms with Gasteiger partial charge in [-0.25, -0.2) is 0 Å². The first kappa shape index (κ1) is 34.0. The largest absolute Gasteiger partial charge is 0.456 e. The molecule has 11 aromatic rings. The molecule has 13 rings (SSSR count). The Morgan fingerprint density at radius 3 is 1.64 bits per heavy atom. The number of hydrogen-bond acceptors (Lipinski definition) is 2. The fraction of sp³-hybridized carbons (Fsp3) is 0.0169. The highest BCUT2D eigenvalue weighted by atomic mass is 16.3. The van der Waals surface area contributed by atoms with Gasteiger partial charge in [0.1, 0.15) is 11.2 Å². The topological polar surface area (TPSA) is 16.4 Å². The third kappa shape index (κ3) is 4.79. The first-order chi connectivity index (χ1) is 30.3. The predicted octanol–water partition coefficient (Wildman–Crippen LogP) is 15.9. The van der Waals surface area contributed by atoms with Gasteiger partial charge in [-0.1, -0.05) is 182 Å². The molecule has 0 saturated heterocycles. The van der Waals surface area contributed by atoms with Gasteiger partial charge in [0.25, 0.3) is 0 Å². The lowest BCUT2D eigenvalue weighted by molar-refractivity contribution is 0.669. The fourth-order valence-electron chi connectivity index (χ4n) is 10.8. The molecule has 0 atom stereocenters.